The van der Waals surface area contributed by atoms with Crippen LogP contribution in [0.4, 0.5) is 9.59 Å². The molecule has 264 valence electrons. The minimum absolute atomic E-state index is 0.0490. The van der Waals surface area contributed by atoms with Crippen molar-refractivity contribution < 1.29 is 42.6 Å². The number of hydrogen-bond donors (Lipinski definition) is 2. The Labute approximate surface area is 298 Å². The van der Waals surface area contributed by atoms with E-state index in [1.807, 2.05) is 61.5 Å². The monoisotopic (exact) mass is 701 g/mol. The lowest BCUT2D eigenvalue weighted by atomic mass is 9.91. The zero-order valence-corrected chi connectivity index (χ0v) is 28.4. The van der Waals surface area contributed by atoms with Crippen LogP contribution in [0.1, 0.15) is 57.5 Å². The Hall–Kier alpha value is -6.69. The summed E-state index contributed by atoms with van der Waals surface area (Å²) in [6, 6.07) is 30.9. The summed E-state index contributed by atoms with van der Waals surface area (Å²) in [4.78, 5) is 63.9. The number of aldehydes is 1. The lowest BCUT2D eigenvalue weighted by molar-refractivity contribution is -0.127. The zero-order chi connectivity index (χ0) is 36.7. The second kappa shape index (κ2) is 15.5. The molecular weight excluding hydrogens is 666 g/mol. The zero-order valence-electron chi connectivity index (χ0n) is 28.4. The van der Waals surface area contributed by atoms with E-state index >= 15 is 0 Å². The number of ether oxygens (including phenoxy) is 3. The van der Waals surface area contributed by atoms with Crippen LogP contribution >= 0.6 is 0 Å². The average Bonchev–Trinajstić information content (AvgIpc) is 3.75. The maximum atomic E-state index is 14.1. The first kappa shape index (κ1) is 35.1. The number of aromatic nitrogens is 1. The summed E-state index contributed by atoms with van der Waals surface area (Å²) in [5.41, 5.74) is 1.53. The molecule has 0 radical (unpaired) electrons. The van der Waals surface area contributed by atoms with Crippen LogP contribution in [0.15, 0.2) is 120 Å². The smallest absolute Gasteiger partial charge is 0.421 e. The van der Waals surface area contributed by atoms with E-state index in [-0.39, 0.29) is 18.6 Å². The van der Waals surface area contributed by atoms with Crippen LogP contribution in [0.2, 0.25) is 0 Å². The highest BCUT2D eigenvalue weighted by atomic mass is 16.7. The Kier molecular flexibility index (Phi) is 10.5. The molecule has 12 heteroatoms. The standard InChI is InChI=1S/C40H35N3O9/c1-26(28-10-4-3-5-11-28)41-37(46)40(2,42-38(47)49-24-32-20-30-12-6-9-15-35(30)52-32)21-31-22-43(34-14-8-7-13-33(31)34)39(48)51-25-50-36(45)29-18-16-27(23-44)17-19-29/h3-20,22-23,26H,21,24-25H2,1-2H3,(H,41,46)(H,42,47). The van der Waals surface area contributed by atoms with Gasteiger partial charge >= 0.3 is 18.2 Å². The van der Waals surface area contributed by atoms with Gasteiger partial charge in [-0.1, -0.05) is 78.9 Å². The van der Waals surface area contributed by atoms with Crippen molar-refractivity contribution in [1.29, 1.82) is 0 Å². The molecule has 2 aromatic heterocycles. The number of esters is 1. The average molecular weight is 702 g/mol. The number of nitrogens with zero attached hydrogens (tertiary/aromatic N) is 1. The normalized spacial score (nSPS) is 12.7. The van der Waals surface area contributed by atoms with Crippen molar-refractivity contribution in [2.45, 2.75) is 38.5 Å². The van der Waals surface area contributed by atoms with Gasteiger partial charge in [-0.2, -0.15) is 0 Å². The van der Waals surface area contributed by atoms with E-state index in [0.717, 1.165) is 10.9 Å². The number of nitrogens with one attached hydrogen (secondary N) is 2. The number of hydrogen-bond acceptors (Lipinski definition) is 9. The first-order chi connectivity index (χ1) is 25.1. The van der Waals surface area contributed by atoms with E-state index < -0.39 is 42.4 Å². The van der Waals surface area contributed by atoms with Crippen LogP contribution in [0.5, 0.6) is 0 Å². The molecule has 6 rings (SSSR count). The van der Waals surface area contributed by atoms with Gasteiger partial charge in [-0.3, -0.25) is 14.2 Å². The molecule has 0 aliphatic rings. The Morgan fingerprint density at radius 2 is 1.58 bits per heavy atom. The highest BCUT2D eigenvalue weighted by Crippen LogP contribution is 2.27. The Bertz CT molecular complexity index is 2210. The van der Waals surface area contributed by atoms with Crippen LogP contribution in [0.25, 0.3) is 21.9 Å². The number of fused-ring (bicyclic) bond motifs is 2. The topological polar surface area (TPSA) is 155 Å². The predicted octanol–water partition coefficient (Wildman–Crippen LogP) is 7.10. The van der Waals surface area contributed by atoms with Gasteiger partial charge in [0.1, 0.15) is 23.2 Å². The first-order valence-corrected chi connectivity index (χ1v) is 16.4. The predicted molar refractivity (Wildman–Crippen MR) is 191 cm³/mol. The summed E-state index contributed by atoms with van der Waals surface area (Å²) in [5.74, 6) is -0.798. The van der Waals surface area contributed by atoms with Gasteiger partial charge in [0.25, 0.3) is 0 Å². The van der Waals surface area contributed by atoms with Gasteiger partial charge in [0.15, 0.2) is 6.61 Å². The number of rotatable bonds is 12. The number of para-hydroxylation sites is 2. The Morgan fingerprint density at radius 1 is 0.865 bits per heavy atom. The molecule has 0 bridgehead atoms. The molecule has 0 spiro atoms. The Morgan fingerprint density at radius 3 is 2.33 bits per heavy atom. The molecular formula is C40H35N3O9. The highest BCUT2D eigenvalue weighted by Gasteiger charge is 2.38. The van der Waals surface area contributed by atoms with Crippen molar-refractivity contribution in [3.63, 3.8) is 0 Å². The number of furan rings is 1. The third-order valence-electron chi connectivity index (χ3n) is 8.54. The van der Waals surface area contributed by atoms with Crippen LogP contribution in [0, 0.1) is 0 Å². The SMILES string of the molecule is CC(NC(=O)C(C)(Cc1cn(C(=O)OCOC(=O)c2ccc(C=O)cc2)c2ccccc12)NC(=O)OCc1cc2ccccc2o1)c1ccccc1. The van der Waals surface area contributed by atoms with Gasteiger partial charge in [-0.05, 0) is 55.3 Å². The maximum absolute atomic E-state index is 14.1. The van der Waals surface area contributed by atoms with Crippen LogP contribution < -0.4 is 10.6 Å². The third kappa shape index (κ3) is 8.02. The van der Waals surface area contributed by atoms with E-state index in [1.165, 1.54) is 35.0 Å². The van der Waals surface area contributed by atoms with Gasteiger partial charge in [0.05, 0.1) is 17.1 Å². The highest BCUT2D eigenvalue weighted by molar-refractivity contribution is 5.95. The summed E-state index contributed by atoms with van der Waals surface area (Å²) in [5, 5.41) is 7.24. The van der Waals surface area contributed by atoms with Crippen LogP contribution in [-0.2, 0) is 32.0 Å². The molecule has 0 fully saturated rings. The summed E-state index contributed by atoms with van der Waals surface area (Å²) >= 11 is 0. The van der Waals surface area contributed by atoms with Crippen molar-refractivity contribution in [2.24, 2.45) is 0 Å². The minimum atomic E-state index is -1.57. The molecule has 12 nitrogen and oxygen atoms in total. The molecule has 0 aliphatic carbocycles. The summed E-state index contributed by atoms with van der Waals surface area (Å²) in [6.07, 6.45) is 0.427. The van der Waals surface area contributed by atoms with Crippen LogP contribution in [0.3, 0.4) is 0 Å². The van der Waals surface area contributed by atoms with Gasteiger partial charge in [0, 0.05) is 29.0 Å². The number of carbonyl (C=O) groups is 5. The van der Waals surface area contributed by atoms with Gasteiger partial charge < -0.3 is 29.3 Å². The first-order valence-electron chi connectivity index (χ1n) is 16.4. The minimum Gasteiger partial charge on any atom is -0.457 e. The molecule has 4 aromatic carbocycles. The fourth-order valence-electron chi connectivity index (χ4n) is 5.78. The van der Waals surface area contributed by atoms with E-state index in [2.05, 4.69) is 10.6 Å². The number of amides is 2. The van der Waals surface area contributed by atoms with Gasteiger partial charge in [-0.25, -0.2) is 14.4 Å². The molecule has 0 saturated carbocycles. The molecule has 0 aliphatic heterocycles. The van der Waals surface area contributed by atoms with Crippen LogP contribution in [-0.4, -0.2) is 47.2 Å². The van der Waals surface area contributed by atoms with Crippen molar-refractivity contribution in [3.8, 4) is 0 Å². The number of alkyl carbamates (subject to hydrolysis) is 1. The van der Waals surface area contributed by atoms with Crippen molar-refractivity contribution in [2.75, 3.05) is 6.79 Å². The molecule has 2 N–H and O–H groups in total. The van der Waals surface area contributed by atoms with Gasteiger partial charge in [0.2, 0.25) is 12.7 Å². The van der Waals surface area contributed by atoms with Crippen molar-refractivity contribution in [1.82, 2.24) is 15.2 Å². The van der Waals surface area contributed by atoms with E-state index in [0.29, 0.717) is 39.7 Å². The summed E-state index contributed by atoms with van der Waals surface area (Å²) in [7, 11) is 0. The van der Waals surface area contributed by atoms with Crippen molar-refractivity contribution in [3.05, 3.63) is 143 Å². The second-order valence-electron chi connectivity index (χ2n) is 12.3. The molecule has 6 aromatic rings. The quantitative estimate of drug-likeness (QED) is 0.0772. The molecule has 2 heterocycles. The van der Waals surface area contributed by atoms with Gasteiger partial charge in [-0.15, -0.1) is 0 Å². The third-order valence-corrected chi connectivity index (χ3v) is 8.54. The lowest BCUT2D eigenvalue weighted by Crippen LogP contribution is -2.58. The molecule has 2 atom stereocenters. The molecule has 52 heavy (non-hydrogen) atoms. The Balaban J connectivity index is 1.20. The largest absolute Gasteiger partial charge is 0.457 e. The fraction of sp³-hybridized carbons (Fsp3) is 0.175. The molecule has 2 amide bonds. The summed E-state index contributed by atoms with van der Waals surface area (Å²) in [6.45, 7) is 2.57. The second-order valence-corrected chi connectivity index (χ2v) is 12.3. The van der Waals surface area contributed by atoms with Crippen molar-refractivity contribution >= 4 is 52.2 Å². The van der Waals surface area contributed by atoms with E-state index in [1.54, 1.807) is 37.3 Å². The fourth-order valence-corrected chi connectivity index (χ4v) is 5.78. The maximum Gasteiger partial charge on any atom is 0.421 e. The van der Waals surface area contributed by atoms with E-state index in [4.69, 9.17) is 18.6 Å². The lowest BCUT2D eigenvalue weighted by Gasteiger charge is -2.30. The summed E-state index contributed by atoms with van der Waals surface area (Å²) < 4.78 is 22.9. The number of benzene rings is 4. The number of carbonyl (C=O) groups excluding carboxylic acids is 5. The van der Waals surface area contributed by atoms with E-state index in [9.17, 15) is 24.0 Å². The molecule has 2 unspecified atom stereocenters. The molecule has 0 saturated heterocycles.